The number of hydrogen-bond donors (Lipinski definition) is 2. The zero-order chi connectivity index (χ0) is 26.8. The first-order valence-corrected chi connectivity index (χ1v) is 10.2. The van der Waals surface area contributed by atoms with Gasteiger partial charge in [-0.15, -0.1) is 5.10 Å². The molecule has 3 heterocycles. The SMILES string of the molecule is CCn1c(CO)nn(-c2nc(OC(C)C(F)(F)F)c(C(=O)Nc3c(F)ccnc3OC)cc2F)c1=O. The fraction of sp³-hybridized carbons (Fsp3) is 0.350. The predicted molar refractivity (Wildman–Crippen MR) is 112 cm³/mol. The van der Waals surface area contributed by atoms with Crippen molar-refractivity contribution in [1.29, 1.82) is 0 Å². The highest BCUT2D eigenvalue weighted by Crippen LogP contribution is 2.30. The summed E-state index contributed by atoms with van der Waals surface area (Å²) in [5, 5.41) is 15.2. The molecule has 194 valence electrons. The van der Waals surface area contributed by atoms with Crippen LogP contribution in [-0.2, 0) is 13.2 Å². The summed E-state index contributed by atoms with van der Waals surface area (Å²) >= 11 is 0. The minimum atomic E-state index is -4.91. The van der Waals surface area contributed by atoms with Gasteiger partial charge in [0.1, 0.15) is 17.9 Å². The van der Waals surface area contributed by atoms with Crippen LogP contribution in [0.1, 0.15) is 30.0 Å². The Morgan fingerprint density at radius 1 is 1.25 bits per heavy atom. The number of halogens is 5. The highest BCUT2D eigenvalue weighted by atomic mass is 19.4. The molecule has 0 aromatic carbocycles. The standard InChI is InChI=1S/C20H19F5N6O5/c1-4-30-13(8-32)29-31(19(30)34)15-12(22)7-10(17(28-15)36-9(2)20(23,24)25)16(33)27-14-11(21)5-6-26-18(14)35-3/h5-7,9,32H,4,8H2,1-3H3,(H,27,33). The zero-order valence-corrected chi connectivity index (χ0v) is 18.9. The molecule has 1 atom stereocenters. The van der Waals surface area contributed by atoms with Crippen LogP contribution in [0, 0.1) is 11.6 Å². The van der Waals surface area contributed by atoms with Crippen LogP contribution in [-0.4, -0.2) is 54.7 Å². The second-order valence-corrected chi connectivity index (χ2v) is 7.09. The number of nitrogens with one attached hydrogen (secondary N) is 1. The van der Waals surface area contributed by atoms with Gasteiger partial charge in [-0.05, 0) is 26.0 Å². The molecule has 0 aliphatic rings. The quantitative estimate of drug-likeness (QED) is 0.434. The molecule has 0 saturated heterocycles. The molecule has 0 bridgehead atoms. The maximum absolute atomic E-state index is 15.0. The van der Waals surface area contributed by atoms with Crippen molar-refractivity contribution in [2.45, 2.75) is 39.3 Å². The lowest BCUT2D eigenvalue weighted by Crippen LogP contribution is -2.33. The minimum absolute atomic E-state index is 0.0316. The van der Waals surface area contributed by atoms with E-state index in [9.17, 15) is 32.3 Å². The van der Waals surface area contributed by atoms with Crippen molar-refractivity contribution in [3.63, 3.8) is 0 Å². The van der Waals surface area contributed by atoms with Crippen LogP contribution >= 0.6 is 0 Å². The van der Waals surface area contributed by atoms with Crippen LogP contribution < -0.4 is 20.5 Å². The number of hydrogen-bond acceptors (Lipinski definition) is 8. The van der Waals surface area contributed by atoms with Gasteiger partial charge in [0, 0.05) is 12.7 Å². The molecule has 0 spiro atoms. The molecule has 1 unspecified atom stereocenters. The number of aliphatic hydroxyl groups is 1. The van der Waals surface area contributed by atoms with Crippen LogP contribution in [0.25, 0.3) is 5.82 Å². The summed E-state index contributed by atoms with van der Waals surface area (Å²) in [6.45, 7) is 1.47. The Morgan fingerprint density at radius 2 is 1.94 bits per heavy atom. The highest BCUT2D eigenvalue weighted by molar-refractivity contribution is 6.06. The van der Waals surface area contributed by atoms with Crippen LogP contribution in [0.5, 0.6) is 11.8 Å². The first kappa shape index (κ1) is 26.5. The third-order valence-corrected chi connectivity index (χ3v) is 4.81. The highest BCUT2D eigenvalue weighted by Gasteiger charge is 2.39. The lowest BCUT2D eigenvalue weighted by molar-refractivity contribution is -0.190. The lowest BCUT2D eigenvalue weighted by atomic mass is 10.2. The van der Waals surface area contributed by atoms with E-state index in [2.05, 4.69) is 15.1 Å². The number of pyridine rings is 2. The normalized spacial score (nSPS) is 12.4. The van der Waals surface area contributed by atoms with E-state index in [1.165, 1.54) is 6.92 Å². The molecular formula is C20H19F5N6O5. The molecule has 3 aromatic heterocycles. The fourth-order valence-corrected chi connectivity index (χ4v) is 2.98. The average molecular weight is 518 g/mol. The van der Waals surface area contributed by atoms with Gasteiger partial charge in [-0.2, -0.15) is 22.8 Å². The summed E-state index contributed by atoms with van der Waals surface area (Å²) < 4.78 is 79.8. The largest absolute Gasteiger partial charge is 0.479 e. The van der Waals surface area contributed by atoms with Gasteiger partial charge >= 0.3 is 11.9 Å². The number of aliphatic hydroxyl groups excluding tert-OH is 1. The van der Waals surface area contributed by atoms with Gasteiger partial charge in [-0.25, -0.2) is 18.6 Å². The number of carbonyl (C=O) groups excluding carboxylic acids is 1. The van der Waals surface area contributed by atoms with Crippen molar-refractivity contribution in [2.75, 3.05) is 12.4 Å². The second-order valence-electron chi connectivity index (χ2n) is 7.09. The smallest absolute Gasteiger partial charge is 0.425 e. The van der Waals surface area contributed by atoms with E-state index >= 15 is 4.39 Å². The van der Waals surface area contributed by atoms with E-state index in [0.717, 1.165) is 23.9 Å². The van der Waals surface area contributed by atoms with Crippen molar-refractivity contribution in [1.82, 2.24) is 24.3 Å². The lowest BCUT2D eigenvalue weighted by Gasteiger charge is -2.19. The average Bonchev–Trinajstić information content (AvgIpc) is 3.15. The molecule has 2 N–H and O–H groups in total. The summed E-state index contributed by atoms with van der Waals surface area (Å²) in [4.78, 5) is 32.7. The Morgan fingerprint density at radius 3 is 2.50 bits per heavy atom. The maximum atomic E-state index is 15.0. The Labute approximate surface area is 199 Å². The first-order valence-electron chi connectivity index (χ1n) is 10.2. The van der Waals surface area contributed by atoms with Crippen LogP contribution in [0.2, 0.25) is 0 Å². The molecule has 0 saturated carbocycles. The van der Waals surface area contributed by atoms with Crippen LogP contribution in [0.4, 0.5) is 27.6 Å². The summed E-state index contributed by atoms with van der Waals surface area (Å²) in [6, 6.07) is 1.32. The van der Waals surface area contributed by atoms with Gasteiger partial charge in [0.15, 0.2) is 29.4 Å². The van der Waals surface area contributed by atoms with Crippen molar-refractivity contribution in [2.24, 2.45) is 0 Å². The molecule has 16 heteroatoms. The summed E-state index contributed by atoms with van der Waals surface area (Å²) in [7, 11) is 1.13. The molecule has 36 heavy (non-hydrogen) atoms. The zero-order valence-electron chi connectivity index (χ0n) is 18.9. The summed E-state index contributed by atoms with van der Waals surface area (Å²) in [6.07, 6.45) is -6.39. The molecule has 0 radical (unpaired) electrons. The fourth-order valence-electron chi connectivity index (χ4n) is 2.98. The molecule has 11 nitrogen and oxygen atoms in total. The van der Waals surface area contributed by atoms with Gasteiger partial charge in [0.25, 0.3) is 5.91 Å². The van der Waals surface area contributed by atoms with Crippen molar-refractivity contribution >= 4 is 11.6 Å². The number of carbonyl (C=O) groups is 1. The number of anilines is 1. The Bertz CT molecular complexity index is 1340. The van der Waals surface area contributed by atoms with E-state index in [-0.39, 0.29) is 18.2 Å². The molecule has 3 rings (SSSR count). The van der Waals surface area contributed by atoms with E-state index in [1.807, 2.05) is 5.32 Å². The number of nitrogens with zero attached hydrogens (tertiary/aromatic N) is 5. The van der Waals surface area contributed by atoms with Gasteiger partial charge in [0.2, 0.25) is 11.8 Å². The monoisotopic (exact) mass is 518 g/mol. The molecule has 0 aliphatic heterocycles. The van der Waals surface area contributed by atoms with Crippen molar-refractivity contribution in [3.8, 4) is 17.6 Å². The van der Waals surface area contributed by atoms with Gasteiger partial charge in [0.05, 0.1) is 7.11 Å². The van der Waals surface area contributed by atoms with Gasteiger partial charge in [-0.3, -0.25) is 9.36 Å². The molecule has 3 aromatic rings. The number of rotatable bonds is 8. The number of ether oxygens (including phenoxy) is 2. The van der Waals surface area contributed by atoms with E-state index in [4.69, 9.17) is 9.47 Å². The summed E-state index contributed by atoms with van der Waals surface area (Å²) in [5.74, 6) is -6.13. The topological polar surface area (TPSA) is 133 Å². The third kappa shape index (κ3) is 5.12. The van der Waals surface area contributed by atoms with Crippen LogP contribution in [0.15, 0.2) is 23.1 Å². The maximum Gasteiger partial charge on any atom is 0.425 e. The van der Waals surface area contributed by atoms with Gasteiger partial charge < -0.3 is 19.9 Å². The predicted octanol–water partition coefficient (Wildman–Crippen LogP) is 2.20. The Hall–Kier alpha value is -4.08. The Balaban J connectivity index is 2.16. The number of methoxy groups -OCH3 is 1. The molecular weight excluding hydrogens is 499 g/mol. The van der Waals surface area contributed by atoms with Crippen LogP contribution in [0.3, 0.4) is 0 Å². The van der Waals surface area contributed by atoms with Crippen molar-refractivity contribution in [3.05, 3.63) is 51.8 Å². The van der Waals surface area contributed by atoms with E-state index in [1.54, 1.807) is 0 Å². The minimum Gasteiger partial charge on any atom is -0.479 e. The summed E-state index contributed by atoms with van der Waals surface area (Å²) in [5.41, 5.74) is -2.39. The number of aromatic nitrogens is 5. The Kier molecular flexibility index (Phi) is 7.57. The molecule has 0 aliphatic carbocycles. The van der Waals surface area contributed by atoms with E-state index in [0.29, 0.717) is 17.7 Å². The van der Waals surface area contributed by atoms with Gasteiger partial charge in [-0.1, -0.05) is 0 Å². The van der Waals surface area contributed by atoms with E-state index < -0.39 is 65.1 Å². The number of alkyl halides is 3. The third-order valence-electron chi connectivity index (χ3n) is 4.81. The number of amides is 1. The molecule has 1 amide bonds. The second kappa shape index (κ2) is 10.3. The van der Waals surface area contributed by atoms with Crippen molar-refractivity contribution < 1.29 is 41.3 Å². The first-order chi connectivity index (χ1) is 16.9. The molecule has 0 fully saturated rings.